The zero-order valence-corrected chi connectivity index (χ0v) is 16.8. The minimum atomic E-state index is -4.68. The molecule has 1 heterocycles. The average molecular weight is 441 g/mol. The van der Waals surface area contributed by atoms with Crippen molar-refractivity contribution in [2.45, 2.75) is 12.8 Å². The summed E-state index contributed by atoms with van der Waals surface area (Å²) in [6, 6.07) is 17.0. The number of ether oxygens (including phenoxy) is 1. The molecule has 3 aromatic carbocycles. The number of carbonyl (C=O) groups is 1. The molecule has 0 atom stereocenters. The molecule has 9 heteroatoms. The summed E-state index contributed by atoms with van der Waals surface area (Å²) in [4.78, 5) is 16.2. The predicted octanol–water partition coefficient (Wildman–Crippen LogP) is 4.80. The lowest BCUT2D eigenvalue weighted by atomic mass is 10.2. The molecule has 32 heavy (non-hydrogen) atoms. The van der Waals surface area contributed by atoms with E-state index in [9.17, 15) is 23.1 Å². The van der Waals surface area contributed by atoms with E-state index in [4.69, 9.17) is 4.74 Å². The van der Waals surface area contributed by atoms with E-state index in [1.165, 1.54) is 43.5 Å². The van der Waals surface area contributed by atoms with Gasteiger partial charge >= 0.3 is 6.18 Å². The zero-order valence-electron chi connectivity index (χ0n) is 16.8. The van der Waals surface area contributed by atoms with Crippen LogP contribution in [0.4, 0.5) is 18.9 Å². The van der Waals surface area contributed by atoms with Crippen molar-refractivity contribution in [3.8, 4) is 11.4 Å². The second-order valence-electron chi connectivity index (χ2n) is 6.98. The van der Waals surface area contributed by atoms with E-state index in [2.05, 4.69) is 10.3 Å². The number of halogens is 3. The van der Waals surface area contributed by atoms with Gasteiger partial charge in [-0.3, -0.25) is 9.36 Å². The molecule has 1 aromatic heterocycles. The molecule has 4 aromatic rings. The Kier molecular flexibility index (Phi) is 5.58. The first-order valence-corrected chi connectivity index (χ1v) is 9.55. The van der Waals surface area contributed by atoms with Crippen LogP contribution in [0.1, 0.15) is 21.7 Å². The lowest BCUT2D eigenvalue weighted by Gasteiger charge is -2.13. The summed E-state index contributed by atoms with van der Waals surface area (Å²) in [6.07, 6.45) is -4.68. The Morgan fingerprint density at radius 1 is 1.09 bits per heavy atom. The first kappa shape index (κ1) is 21.4. The van der Waals surface area contributed by atoms with E-state index in [0.717, 1.165) is 4.57 Å². The molecular formula is C23H18F3N3O3. The number of amides is 1. The lowest BCUT2D eigenvalue weighted by Crippen LogP contribution is -2.14. The fourth-order valence-electron chi connectivity index (χ4n) is 3.34. The van der Waals surface area contributed by atoms with Crippen LogP contribution < -0.4 is 10.1 Å². The molecule has 0 spiro atoms. The number of nitrogens with zero attached hydrogens (tertiary/aromatic N) is 2. The number of aliphatic hydroxyl groups excluding tert-OH is 1. The fourth-order valence-corrected chi connectivity index (χ4v) is 3.34. The Labute approximate surface area is 180 Å². The first-order valence-electron chi connectivity index (χ1n) is 9.55. The van der Waals surface area contributed by atoms with Crippen LogP contribution in [-0.2, 0) is 12.8 Å². The SMILES string of the molecule is COc1cccc(C(=O)Nc2ccc(-n3c(C(F)(F)F)nc4cc(CO)ccc43)cc2)c1. The van der Waals surface area contributed by atoms with Gasteiger partial charge in [0.05, 0.1) is 24.8 Å². The van der Waals surface area contributed by atoms with E-state index in [0.29, 0.717) is 22.6 Å². The molecule has 0 unspecified atom stereocenters. The van der Waals surface area contributed by atoms with Gasteiger partial charge in [0.1, 0.15) is 5.75 Å². The highest BCUT2D eigenvalue weighted by Gasteiger charge is 2.38. The van der Waals surface area contributed by atoms with Crippen LogP contribution >= 0.6 is 0 Å². The number of imidazole rings is 1. The van der Waals surface area contributed by atoms with Crippen LogP contribution in [-0.4, -0.2) is 27.7 Å². The molecule has 0 aliphatic heterocycles. The smallest absolute Gasteiger partial charge is 0.450 e. The maximum absolute atomic E-state index is 13.7. The number of fused-ring (bicyclic) bond motifs is 1. The summed E-state index contributed by atoms with van der Waals surface area (Å²) in [6.45, 7) is -0.300. The van der Waals surface area contributed by atoms with Crippen molar-refractivity contribution in [1.82, 2.24) is 9.55 Å². The lowest BCUT2D eigenvalue weighted by molar-refractivity contribution is -0.145. The summed E-state index contributed by atoms with van der Waals surface area (Å²) < 4.78 is 47.1. The molecule has 0 aliphatic carbocycles. The van der Waals surface area contributed by atoms with Crippen molar-refractivity contribution >= 4 is 22.6 Å². The Bertz CT molecular complexity index is 1280. The minimum absolute atomic E-state index is 0.124. The summed E-state index contributed by atoms with van der Waals surface area (Å²) in [5.41, 5.74) is 1.87. The van der Waals surface area contributed by atoms with Crippen molar-refractivity contribution in [2.75, 3.05) is 12.4 Å². The molecule has 0 aliphatic rings. The minimum Gasteiger partial charge on any atom is -0.497 e. The van der Waals surface area contributed by atoms with Gasteiger partial charge in [0.15, 0.2) is 0 Å². The Morgan fingerprint density at radius 3 is 2.50 bits per heavy atom. The van der Waals surface area contributed by atoms with Gasteiger partial charge in [-0.1, -0.05) is 12.1 Å². The van der Waals surface area contributed by atoms with Crippen LogP contribution in [0.3, 0.4) is 0 Å². The highest BCUT2D eigenvalue weighted by atomic mass is 19.4. The number of anilines is 1. The van der Waals surface area contributed by atoms with Gasteiger partial charge in [0.2, 0.25) is 5.82 Å². The molecule has 0 saturated heterocycles. The molecule has 0 bridgehead atoms. The summed E-state index contributed by atoms with van der Waals surface area (Å²) in [7, 11) is 1.50. The maximum atomic E-state index is 13.7. The molecular weight excluding hydrogens is 423 g/mol. The second-order valence-corrected chi connectivity index (χ2v) is 6.98. The number of aliphatic hydroxyl groups is 1. The van der Waals surface area contributed by atoms with Crippen molar-refractivity contribution in [2.24, 2.45) is 0 Å². The number of hydrogen-bond donors (Lipinski definition) is 2. The molecule has 4 rings (SSSR count). The number of aromatic nitrogens is 2. The monoisotopic (exact) mass is 441 g/mol. The van der Waals surface area contributed by atoms with Crippen LogP contribution in [0.2, 0.25) is 0 Å². The van der Waals surface area contributed by atoms with Crippen molar-refractivity contribution in [1.29, 1.82) is 0 Å². The van der Waals surface area contributed by atoms with E-state index in [1.807, 2.05) is 0 Å². The molecule has 0 saturated carbocycles. The number of benzene rings is 3. The summed E-state index contributed by atoms with van der Waals surface area (Å²) >= 11 is 0. The van der Waals surface area contributed by atoms with Crippen LogP contribution in [0.25, 0.3) is 16.7 Å². The van der Waals surface area contributed by atoms with E-state index in [1.54, 1.807) is 30.3 Å². The quantitative estimate of drug-likeness (QED) is 0.467. The number of rotatable bonds is 5. The molecule has 164 valence electrons. The normalized spacial score (nSPS) is 11.5. The Morgan fingerprint density at radius 2 is 1.84 bits per heavy atom. The third kappa shape index (κ3) is 4.15. The van der Waals surface area contributed by atoms with Gasteiger partial charge in [0.25, 0.3) is 5.91 Å². The van der Waals surface area contributed by atoms with Crippen molar-refractivity contribution < 1.29 is 27.8 Å². The molecule has 6 nitrogen and oxygen atoms in total. The van der Waals surface area contributed by atoms with E-state index >= 15 is 0 Å². The van der Waals surface area contributed by atoms with Gasteiger partial charge in [-0.2, -0.15) is 13.2 Å². The van der Waals surface area contributed by atoms with Crippen LogP contribution in [0, 0.1) is 0 Å². The summed E-state index contributed by atoms with van der Waals surface area (Å²) in [5.74, 6) is -0.919. The van der Waals surface area contributed by atoms with Gasteiger partial charge in [0, 0.05) is 16.9 Å². The number of hydrogen-bond acceptors (Lipinski definition) is 4. The largest absolute Gasteiger partial charge is 0.497 e. The molecule has 1 amide bonds. The standard InChI is InChI=1S/C23H18F3N3O3/c1-32-18-4-2-3-15(12-18)21(31)27-16-6-8-17(9-7-16)29-20-10-5-14(13-30)11-19(20)28-22(29)23(24,25)26/h2-12,30H,13H2,1H3,(H,27,31). The zero-order chi connectivity index (χ0) is 22.9. The average Bonchev–Trinajstić information content (AvgIpc) is 3.19. The molecule has 2 N–H and O–H groups in total. The number of carbonyl (C=O) groups excluding carboxylic acids is 1. The maximum Gasteiger partial charge on any atom is 0.450 e. The number of alkyl halides is 3. The Hall–Kier alpha value is -3.85. The van der Waals surface area contributed by atoms with Crippen molar-refractivity contribution in [3.63, 3.8) is 0 Å². The first-order chi connectivity index (χ1) is 15.3. The van der Waals surface area contributed by atoms with E-state index < -0.39 is 12.0 Å². The number of methoxy groups -OCH3 is 1. The third-order valence-corrected chi connectivity index (χ3v) is 4.87. The highest BCUT2D eigenvalue weighted by Crippen LogP contribution is 2.34. The van der Waals surface area contributed by atoms with Gasteiger partial charge in [-0.05, 0) is 60.2 Å². The van der Waals surface area contributed by atoms with Crippen LogP contribution in [0.15, 0.2) is 66.7 Å². The second kappa shape index (κ2) is 8.35. The predicted molar refractivity (Wildman–Crippen MR) is 113 cm³/mol. The van der Waals surface area contributed by atoms with Crippen LogP contribution in [0.5, 0.6) is 5.75 Å². The summed E-state index contributed by atoms with van der Waals surface area (Å²) in [5, 5.41) is 12.0. The topological polar surface area (TPSA) is 76.4 Å². The van der Waals surface area contributed by atoms with Gasteiger partial charge < -0.3 is 15.2 Å². The van der Waals surface area contributed by atoms with E-state index in [-0.39, 0.29) is 29.2 Å². The van der Waals surface area contributed by atoms with Gasteiger partial charge in [-0.15, -0.1) is 0 Å². The third-order valence-electron chi connectivity index (χ3n) is 4.87. The fraction of sp³-hybridized carbons (Fsp3) is 0.130. The van der Waals surface area contributed by atoms with Gasteiger partial charge in [-0.25, -0.2) is 4.98 Å². The number of nitrogens with one attached hydrogen (secondary N) is 1. The highest BCUT2D eigenvalue weighted by molar-refractivity contribution is 6.04. The van der Waals surface area contributed by atoms with Crippen molar-refractivity contribution in [3.05, 3.63) is 83.7 Å². The Balaban J connectivity index is 1.67. The molecule has 0 fully saturated rings. The molecule has 0 radical (unpaired) electrons.